The molecule has 0 spiro atoms. The number of aromatic nitrogens is 1. The van der Waals surface area contributed by atoms with Gasteiger partial charge in [-0.1, -0.05) is 11.6 Å². The molecule has 1 aliphatic rings. The second kappa shape index (κ2) is 7.55. The van der Waals surface area contributed by atoms with Gasteiger partial charge in [0, 0.05) is 24.0 Å². The second-order valence-corrected chi connectivity index (χ2v) is 7.24. The number of allylic oxidation sites excluding steroid dienone is 1. The van der Waals surface area contributed by atoms with Crippen molar-refractivity contribution < 1.29 is 14.2 Å². The summed E-state index contributed by atoms with van der Waals surface area (Å²) in [6.07, 6.45) is 1.86. The van der Waals surface area contributed by atoms with Crippen LogP contribution in [-0.4, -0.2) is 38.7 Å². The molecule has 8 heteroatoms. The lowest BCUT2D eigenvalue weighted by Crippen LogP contribution is -2.23. The molecule has 2 heterocycles. The summed E-state index contributed by atoms with van der Waals surface area (Å²) in [7, 11) is 4.75. The number of anilines is 1. The van der Waals surface area contributed by atoms with E-state index in [4.69, 9.17) is 25.8 Å². The maximum Gasteiger partial charge on any atom is 0.203 e. The predicted molar refractivity (Wildman–Crippen MR) is 106 cm³/mol. The van der Waals surface area contributed by atoms with Crippen LogP contribution in [0.25, 0.3) is 0 Å². The Bertz CT molecular complexity index is 867. The van der Waals surface area contributed by atoms with Gasteiger partial charge in [-0.15, -0.1) is 11.3 Å². The van der Waals surface area contributed by atoms with Gasteiger partial charge in [0.25, 0.3) is 0 Å². The van der Waals surface area contributed by atoms with E-state index in [-0.39, 0.29) is 0 Å². The molecule has 0 fully saturated rings. The van der Waals surface area contributed by atoms with Crippen molar-refractivity contribution in [3.8, 4) is 17.2 Å². The lowest BCUT2D eigenvalue weighted by atomic mass is 10.2. The Morgan fingerprint density at radius 2 is 1.73 bits per heavy atom. The molecule has 0 bridgehead atoms. The van der Waals surface area contributed by atoms with Gasteiger partial charge in [-0.2, -0.15) is 0 Å². The van der Waals surface area contributed by atoms with E-state index in [1.807, 2.05) is 37.1 Å². The summed E-state index contributed by atoms with van der Waals surface area (Å²) in [5, 5.41) is 1.56. The number of benzene rings is 1. The van der Waals surface area contributed by atoms with Gasteiger partial charge < -0.3 is 19.1 Å². The lowest BCUT2D eigenvalue weighted by molar-refractivity contribution is 0.324. The second-order valence-electron chi connectivity index (χ2n) is 5.63. The third-order valence-electron chi connectivity index (χ3n) is 3.98. The molecular weight excluding hydrogens is 374 g/mol. The van der Waals surface area contributed by atoms with E-state index in [9.17, 15) is 0 Å². The van der Waals surface area contributed by atoms with Crippen LogP contribution in [0.4, 0.5) is 5.69 Å². The van der Waals surface area contributed by atoms with Crippen LogP contribution in [0.1, 0.15) is 15.6 Å². The highest BCUT2D eigenvalue weighted by atomic mass is 35.5. The molecule has 0 atom stereocenters. The van der Waals surface area contributed by atoms with Crippen LogP contribution < -0.4 is 19.1 Å². The Hall–Kier alpha value is -2.25. The Kier molecular flexibility index (Phi) is 5.38. The van der Waals surface area contributed by atoms with Gasteiger partial charge in [0.2, 0.25) is 5.75 Å². The van der Waals surface area contributed by atoms with Gasteiger partial charge >= 0.3 is 0 Å². The Labute approximate surface area is 161 Å². The maximum absolute atomic E-state index is 6.53. The van der Waals surface area contributed by atoms with Crippen molar-refractivity contribution in [2.45, 2.75) is 13.8 Å². The minimum Gasteiger partial charge on any atom is -0.493 e. The largest absolute Gasteiger partial charge is 0.493 e. The quantitative estimate of drug-likeness (QED) is 0.764. The van der Waals surface area contributed by atoms with Gasteiger partial charge in [0.15, 0.2) is 11.5 Å². The molecule has 0 aliphatic carbocycles. The number of nitrogens with zero attached hydrogens (tertiary/aromatic N) is 3. The summed E-state index contributed by atoms with van der Waals surface area (Å²) in [6.45, 7) is 4.38. The molecule has 0 saturated carbocycles. The number of rotatable bonds is 5. The van der Waals surface area contributed by atoms with E-state index in [0.29, 0.717) is 28.9 Å². The van der Waals surface area contributed by atoms with Crippen molar-refractivity contribution in [2.24, 2.45) is 4.99 Å². The standard InChI is InChI=1S/C18H20ClN3O3S/c1-10-18(26-11(2)21-10)16-13(19)8-22(9-20-16)12-6-14(23-3)17(25-5)15(7-12)24-4/h6-8H,9H2,1-5H3. The van der Waals surface area contributed by atoms with Crippen LogP contribution in [0.3, 0.4) is 0 Å². The van der Waals surface area contributed by atoms with Gasteiger partial charge in [-0.05, 0) is 13.8 Å². The topological polar surface area (TPSA) is 56.2 Å². The monoisotopic (exact) mass is 393 g/mol. The zero-order valence-corrected chi connectivity index (χ0v) is 16.9. The normalized spacial score (nSPS) is 14.0. The SMILES string of the molecule is COc1cc(N2C=C(Cl)C(c3sc(C)nc3C)=NC2)cc(OC)c1OC. The predicted octanol–water partition coefficient (Wildman–Crippen LogP) is 4.13. The van der Waals surface area contributed by atoms with Crippen LogP contribution in [0.2, 0.25) is 0 Å². The first-order valence-corrected chi connectivity index (χ1v) is 9.11. The molecule has 26 heavy (non-hydrogen) atoms. The average Bonchev–Trinajstić information content (AvgIpc) is 2.98. The number of ether oxygens (including phenoxy) is 3. The van der Waals surface area contributed by atoms with E-state index in [1.165, 1.54) is 0 Å². The summed E-state index contributed by atoms with van der Waals surface area (Å²) < 4.78 is 16.2. The minimum absolute atomic E-state index is 0.431. The third kappa shape index (κ3) is 3.37. The molecule has 1 aromatic carbocycles. The van der Waals surface area contributed by atoms with Crippen LogP contribution in [0, 0.1) is 13.8 Å². The molecule has 138 valence electrons. The summed E-state index contributed by atoms with van der Waals surface area (Å²) in [4.78, 5) is 12.1. The van der Waals surface area contributed by atoms with Crippen LogP contribution in [0.5, 0.6) is 17.2 Å². The molecule has 1 aliphatic heterocycles. The van der Waals surface area contributed by atoms with Crippen molar-refractivity contribution >= 4 is 34.3 Å². The molecule has 0 N–H and O–H groups in total. The highest BCUT2D eigenvalue weighted by molar-refractivity contribution is 7.14. The summed E-state index contributed by atoms with van der Waals surface area (Å²) >= 11 is 8.13. The summed E-state index contributed by atoms with van der Waals surface area (Å²) in [5.74, 6) is 1.70. The van der Waals surface area contributed by atoms with Crippen LogP contribution >= 0.6 is 22.9 Å². The Morgan fingerprint density at radius 3 is 2.19 bits per heavy atom. The molecule has 1 aromatic heterocycles. The summed E-state index contributed by atoms with van der Waals surface area (Å²) in [5.41, 5.74) is 2.56. The first-order valence-electron chi connectivity index (χ1n) is 7.91. The fourth-order valence-electron chi connectivity index (χ4n) is 2.78. The zero-order valence-electron chi connectivity index (χ0n) is 15.3. The Balaban J connectivity index is 1.95. The first kappa shape index (κ1) is 18.5. The molecule has 3 rings (SSSR count). The first-order chi connectivity index (χ1) is 12.5. The van der Waals surface area contributed by atoms with Gasteiger partial charge in [-0.25, -0.2) is 4.98 Å². The minimum atomic E-state index is 0.431. The highest BCUT2D eigenvalue weighted by Crippen LogP contribution is 2.41. The highest BCUT2D eigenvalue weighted by Gasteiger charge is 2.22. The third-order valence-corrected chi connectivity index (χ3v) is 5.33. The van der Waals surface area contributed by atoms with Crippen molar-refractivity contribution in [3.05, 3.63) is 38.9 Å². The van der Waals surface area contributed by atoms with E-state index >= 15 is 0 Å². The van der Waals surface area contributed by atoms with Crippen molar-refractivity contribution in [2.75, 3.05) is 32.9 Å². The van der Waals surface area contributed by atoms with Gasteiger partial charge in [0.1, 0.15) is 6.67 Å². The van der Waals surface area contributed by atoms with Crippen molar-refractivity contribution in [1.82, 2.24) is 4.98 Å². The molecule has 0 unspecified atom stereocenters. The van der Waals surface area contributed by atoms with E-state index in [1.54, 1.807) is 32.7 Å². The summed E-state index contributed by atoms with van der Waals surface area (Å²) in [6, 6.07) is 3.73. The fourth-order valence-corrected chi connectivity index (χ4v) is 4.05. The van der Waals surface area contributed by atoms with Crippen LogP contribution in [-0.2, 0) is 0 Å². The molecular formula is C18H20ClN3O3S. The Morgan fingerprint density at radius 1 is 1.08 bits per heavy atom. The molecule has 2 aromatic rings. The number of methoxy groups -OCH3 is 3. The number of halogens is 1. The van der Waals surface area contributed by atoms with E-state index < -0.39 is 0 Å². The van der Waals surface area contributed by atoms with Crippen LogP contribution in [0.15, 0.2) is 28.4 Å². The number of hydrogen-bond donors (Lipinski definition) is 0. The zero-order chi connectivity index (χ0) is 18.8. The fraction of sp³-hybridized carbons (Fsp3) is 0.333. The molecule has 0 amide bonds. The van der Waals surface area contributed by atoms with E-state index in [0.717, 1.165) is 27.0 Å². The lowest BCUT2D eigenvalue weighted by Gasteiger charge is -2.25. The van der Waals surface area contributed by atoms with E-state index in [2.05, 4.69) is 9.98 Å². The van der Waals surface area contributed by atoms with Gasteiger partial charge in [-0.3, -0.25) is 4.99 Å². The number of hydrogen-bond acceptors (Lipinski definition) is 7. The smallest absolute Gasteiger partial charge is 0.203 e. The van der Waals surface area contributed by atoms with Crippen molar-refractivity contribution in [3.63, 3.8) is 0 Å². The van der Waals surface area contributed by atoms with Crippen molar-refractivity contribution in [1.29, 1.82) is 0 Å². The molecule has 0 radical (unpaired) electrons. The molecule has 0 saturated heterocycles. The average molecular weight is 394 g/mol. The number of thiazole rings is 1. The molecule has 6 nitrogen and oxygen atoms in total. The number of aliphatic imine (C=N–C) groups is 1. The maximum atomic E-state index is 6.53. The number of aryl methyl sites for hydroxylation is 2. The van der Waals surface area contributed by atoms with Gasteiger partial charge in [0.05, 0.1) is 47.7 Å².